The highest BCUT2D eigenvalue weighted by Crippen LogP contribution is 2.49. The zero-order valence-electron chi connectivity index (χ0n) is 13.7. The molecule has 1 aliphatic rings. The molecule has 1 aromatic carbocycles. The molecule has 0 aliphatic heterocycles. The van der Waals surface area contributed by atoms with Gasteiger partial charge < -0.3 is 10.1 Å². The molecular formula is C18H28FNO. The maximum Gasteiger partial charge on any atom is 0.126 e. The molecule has 0 bridgehead atoms. The molecule has 21 heavy (non-hydrogen) atoms. The number of benzene rings is 1. The molecule has 0 heterocycles. The highest BCUT2D eigenvalue weighted by atomic mass is 19.1. The van der Waals surface area contributed by atoms with Gasteiger partial charge in [0.05, 0.1) is 0 Å². The van der Waals surface area contributed by atoms with E-state index >= 15 is 0 Å². The zero-order chi connectivity index (χ0) is 15.5. The fourth-order valence-electron chi connectivity index (χ4n) is 3.57. The van der Waals surface area contributed by atoms with Crippen LogP contribution in [-0.2, 0) is 0 Å². The molecule has 1 N–H and O–H groups in total. The topological polar surface area (TPSA) is 21.3 Å². The number of hydrogen-bond donors (Lipinski definition) is 1. The van der Waals surface area contributed by atoms with Crippen LogP contribution in [0.3, 0.4) is 0 Å². The van der Waals surface area contributed by atoms with Crippen molar-refractivity contribution in [2.75, 3.05) is 6.54 Å². The van der Waals surface area contributed by atoms with Crippen molar-refractivity contribution < 1.29 is 9.13 Å². The normalized spacial score (nSPS) is 23.7. The third kappa shape index (κ3) is 3.08. The van der Waals surface area contributed by atoms with Crippen LogP contribution < -0.4 is 10.1 Å². The van der Waals surface area contributed by atoms with Crippen LogP contribution in [0.1, 0.15) is 52.0 Å². The van der Waals surface area contributed by atoms with E-state index in [1.807, 2.05) is 6.92 Å². The fraction of sp³-hybridized carbons (Fsp3) is 0.667. The molecule has 2 atom stereocenters. The van der Waals surface area contributed by atoms with Gasteiger partial charge in [0.25, 0.3) is 0 Å². The monoisotopic (exact) mass is 293 g/mol. The van der Waals surface area contributed by atoms with E-state index in [9.17, 15) is 4.39 Å². The molecule has 2 nitrogen and oxygen atoms in total. The van der Waals surface area contributed by atoms with Crippen molar-refractivity contribution in [1.29, 1.82) is 0 Å². The number of nitrogens with one attached hydrogen (secondary N) is 1. The summed E-state index contributed by atoms with van der Waals surface area (Å²) < 4.78 is 19.6. The van der Waals surface area contributed by atoms with Crippen molar-refractivity contribution in [2.24, 2.45) is 5.41 Å². The second kappa shape index (κ2) is 6.78. The molecule has 0 radical (unpaired) electrons. The van der Waals surface area contributed by atoms with Gasteiger partial charge >= 0.3 is 0 Å². The lowest BCUT2D eigenvalue weighted by Gasteiger charge is -2.55. The maximum atomic E-state index is 13.4. The van der Waals surface area contributed by atoms with E-state index in [1.165, 1.54) is 12.1 Å². The average Bonchev–Trinajstić information content (AvgIpc) is 2.47. The van der Waals surface area contributed by atoms with Crippen LogP contribution in [-0.4, -0.2) is 18.7 Å². The van der Waals surface area contributed by atoms with E-state index in [0.717, 1.165) is 37.8 Å². The summed E-state index contributed by atoms with van der Waals surface area (Å²) in [4.78, 5) is 0. The van der Waals surface area contributed by atoms with Crippen molar-refractivity contribution in [3.63, 3.8) is 0 Å². The Balaban J connectivity index is 2.11. The van der Waals surface area contributed by atoms with Gasteiger partial charge in [-0.1, -0.05) is 26.8 Å². The maximum absolute atomic E-state index is 13.4. The second-order valence-electron chi connectivity index (χ2n) is 6.20. The van der Waals surface area contributed by atoms with Gasteiger partial charge in [-0.2, -0.15) is 0 Å². The lowest BCUT2D eigenvalue weighted by atomic mass is 9.58. The van der Waals surface area contributed by atoms with Crippen LogP contribution >= 0.6 is 0 Å². The molecule has 3 heteroatoms. The first kappa shape index (κ1) is 16.3. The SMILES string of the molecule is CCCNC1CC(Oc2cc(F)ccc2C)C1(CC)CC. The van der Waals surface area contributed by atoms with Gasteiger partial charge in [-0.05, 0) is 44.4 Å². The molecule has 0 amide bonds. The molecule has 1 fully saturated rings. The van der Waals surface area contributed by atoms with Crippen molar-refractivity contribution in [3.8, 4) is 5.75 Å². The van der Waals surface area contributed by atoms with Crippen molar-refractivity contribution >= 4 is 0 Å². The Bertz CT molecular complexity index is 470. The van der Waals surface area contributed by atoms with Gasteiger partial charge in [0.1, 0.15) is 17.7 Å². The Morgan fingerprint density at radius 1 is 1.29 bits per heavy atom. The van der Waals surface area contributed by atoms with E-state index < -0.39 is 0 Å². The van der Waals surface area contributed by atoms with Gasteiger partial charge in [0.15, 0.2) is 0 Å². The van der Waals surface area contributed by atoms with Gasteiger partial charge in [0.2, 0.25) is 0 Å². The van der Waals surface area contributed by atoms with Crippen molar-refractivity contribution in [3.05, 3.63) is 29.6 Å². The van der Waals surface area contributed by atoms with E-state index in [4.69, 9.17) is 4.74 Å². The Morgan fingerprint density at radius 3 is 2.62 bits per heavy atom. The second-order valence-corrected chi connectivity index (χ2v) is 6.20. The lowest BCUT2D eigenvalue weighted by molar-refractivity contribution is -0.0861. The lowest BCUT2D eigenvalue weighted by Crippen LogP contribution is -2.64. The summed E-state index contributed by atoms with van der Waals surface area (Å²) in [7, 11) is 0. The van der Waals surface area contributed by atoms with Crippen LogP contribution in [0.4, 0.5) is 4.39 Å². The molecule has 2 rings (SSSR count). The van der Waals surface area contributed by atoms with Crippen LogP contribution in [0.5, 0.6) is 5.75 Å². The minimum absolute atomic E-state index is 0.175. The summed E-state index contributed by atoms with van der Waals surface area (Å²) in [6.45, 7) is 9.68. The largest absolute Gasteiger partial charge is 0.489 e. The quantitative estimate of drug-likeness (QED) is 0.801. The number of aryl methyl sites for hydroxylation is 1. The average molecular weight is 293 g/mol. The van der Waals surface area contributed by atoms with Gasteiger partial charge in [-0.3, -0.25) is 0 Å². The first-order chi connectivity index (χ1) is 10.1. The number of hydrogen-bond acceptors (Lipinski definition) is 2. The van der Waals surface area contributed by atoms with E-state index in [-0.39, 0.29) is 17.3 Å². The minimum Gasteiger partial charge on any atom is -0.489 e. The van der Waals surface area contributed by atoms with E-state index in [0.29, 0.717) is 11.8 Å². The summed E-state index contributed by atoms with van der Waals surface area (Å²) in [5, 5.41) is 3.65. The van der Waals surface area contributed by atoms with Gasteiger partial charge in [-0.15, -0.1) is 0 Å². The van der Waals surface area contributed by atoms with Crippen LogP contribution in [0.2, 0.25) is 0 Å². The summed E-state index contributed by atoms with van der Waals surface area (Å²) >= 11 is 0. The Labute approximate surface area is 128 Å². The van der Waals surface area contributed by atoms with Crippen LogP contribution in [0, 0.1) is 18.2 Å². The van der Waals surface area contributed by atoms with Crippen molar-refractivity contribution in [2.45, 2.75) is 65.5 Å². The van der Waals surface area contributed by atoms with Gasteiger partial charge in [-0.25, -0.2) is 4.39 Å². The molecule has 1 aliphatic carbocycles. The number of halogens is 1. The van der Waals surface area contributed by atoms with E-state index in [2.05, 4.69) is 26.1 Å². The summed E-state index contributed by atoms with van der Waals surface area (Å²) in [6, 6.07) is 5.31. The Morgan fingerprint density at radius 2 is 2.00 bits per heavy atom. The summed E-state index contributed by atoms with van der Waals surface area (Å²) in [6.07, 6.45) is 4.52. The first-order valence-electron chi connectivity index (χ1n) is 8.23. The minimum atomic E-state index is -0.228. The summed E-state index contributed by atoms with van der Waals surface area (Å²) in [5.74, 6) is 0.467. The molecular weight excluding hydrogens is 265 g/mol. The van der Waals surface area contributed by atoms with Crippen molar-refractivity contribution in [1.82, 2.24) is 5.32 Å². The molecule has 0 saturated heterocycles. The number of rotatable bonds is 7. The smallest absolute Gasteiger partial charge is 0.126 e. The standard InChI is InChI=1S/C18H28FNO/c1-5-10-20-16-12-17(18(16,6-2)7-3)21-15-11-14(19)9-8-13(15)4/h8-9,11,16-17,20H,5-7,10,12H2,1-4H3. The number of ether oxygens (including phenoxy) is 1. The highest BCUT2D eigenvalue weighted by Gasteiger charge is 2.54. The Kier molecular flexibility index (Phi) is 5.26. The summed E-state index contributed by atoms with van der Waals surface area (Å²) in [5.41, 5.74) is 1.18. The molecule has 1 saturated carbocycles. The highest BCUT2D eigenvalue weighted by molar-refractivity contribution is 5.33. The third-order valence-electron chi connectivity index (χ3n) is 5.16. The van der Waals surface area contributed by atoms with E-state index in [1.54, 1.807) is 6.07 Å². The van der Waals surface area contributed by atoms with Gasteiger partial charge in [0, 0.05) is 23.9 Å². The first-order valence-corrected chi connectivity index (χ1v) is 8.23. The molecule has 118 valence electrons. The third-order valence-corrected chi connectivity index (χ3v) is 5.16. The predicted octanol–water partition coefficient (Wildman–Crippen LogP) is 4.46. The Hall–Kier alpha value is -1.09. The molecule has 0 aromatic heterocycles. The molecule has 0 spiro atoms. The predicted molar refractivity (Wildman–Crippen MR) is 85.3 cm³/mol. The van der Waals surface area contributed by atoms with Crippen LogP contribution in [0.15, 0.2) is 18.2 Å². The molecule has 2 unspecified atom stereocenters. The van der Waals surface area contributed by atoms with Crippen LogP contribution in [0.25, 0.3) is 0 Å². The molecule has 1 aromatic rings. The zero-order valence-corrected chi connectivity index (χ0v) is 13.7. The fourth-order valence-corrected chi connectivity index (χ4v) is 3.57.